The minimum Gasteiger partial charge on any atom is -0.314 e. The maximum atomic E-state index is 14.2. The molecule has 0 N–H and O–H groups in total. The predicted molar refractivity (Wildman–Crippen MR) is 165 cm³/mol. The van der Waals surface area contributed by atoms with Gasteiger partial charge in [0.25, 0.3) is 0 Å². The minimum absolute atomic E-state index is 0.647. The van der Waals surface area contributed by atoms with Gasteiger partial charge in [0.15, 0.2) is 5.69 Å². The Morgan fingerprint density at radius 3 is 1.72 bits per heavy atom. The van der Waals surface area contributed by atoms with Gasteiger partial charge in [0, 0.05) is 10.6 Å². The van der Waals surface area contributed by atoms with E-state index in [4.69, 9.17) is 6.57 Å². The van der Waals surface area contributed by atoms with Crippen LogP contribution in [0.4, 0.5) is 5.69 Å². The Morgan fingerprint density at radius 1 is 0.513 bits per heavy atom. The van der Waals surface area contributed by atoms with E-state index in [9.17, 15) is 4.57 Å². The summed E-state index contributed by atoms with van der Waals surface area (Å²) in [5, 5.41) is 4.25. The van der Waals surface area contributed by atoms with E-state index in [0.717, 1.165) is 54.9 Å². The maximum absolute atomic E-state index is 14.2. The van der Waals surface area contributed by atoms with Crippen molar-refractivity contribution in [1.82, 2.24) is 0 Å². The van der Waals surface area contributed by atoms with Crippen LogP contribution in [-0.2, 0) is 4.57 Å². The zero-order chi connectivity index (χ0) is 26.6. The van der Waals surface area contributed by atoms with E-state index in [0.29, 0.717) is 5.69 Å². The lowest BCUT2D eigenvalue weighted by Gasteiger charge is -2.17. The van der Waals surface area contributed by atoms with Crippen molar-refractivity contribution in [1.29, 1.82) is 0 Å². The average Bonchev–Trinajstić information content (AvgIpc) is 3.23. The summed E-state index contributed by atoms with van der Waals surface area (Å²) in [6.45, 7) is 9.09. The number of rotatable bonds is 3. The van der Waals surface area contributed by atoms with Crippen LogP contribution in [0.2, 0.25) is 0 Å². The van der Waals surface area contributed by atoms with Crippen LogP contribution in [0.3, 0.4) is 0 Å². The molecule has 1 unspecified atom stereocenters. The van der Waals surface area contributed by atoms with E-state index in [1.165, 1.54) is 10.9 Å². The zero-order valence-corrected chi connectivity index (χ0v) is 22.3. The first kappa shape index (κ1) is 23.4. The summed E-state index contributed by atoms with van der Waals surface area (Å²) in [4.78, 5) is 3.49. The normalized spacial score (nSPS) is 15.5. The van der Waals surface area contributed by atoms with E-state index in [2.05, 4.69) is 89.8 Å². The number of benzene rings is 6. The molecule has 7 rings (SSSR count). The van der Waals surface area contributed by atoms with Crippen LogP contribution in [0.1, 0.15) is 0 Å². The molecular formula is C36H24NOP. The van der Waals surface area contributed by atoms with Gasteiger partial charge < -0.3 is 4.57 Å². The monoisotopic (exact) mass is 517 g/mol. The third kappa shape index (κ3) is 3.67. The minimum atomic E-state index is -2.73. The summed E-state index contributed by atoms with van der Waals surface area (Å²) in [7, 11) is -2.73. The second kappa shape index (κ2) is 8.95. The molecule has 39 heavy (non-hydrogen) atoms. The van der Waals surface area contributed by atoms with Gasteiger partial charge >= 0.3 is 0 Å². The smallest absolute Gasteiger partial charge is 0.187 e. The lowest BCUT2D eigenvalue weighted by molar-refractivity contribution is 0.591. The predicted octanol–water partition coefficient (Wildman–Crippen LogP) is 9.32. The van der Waals surface area contributed by atoms with E-state index in [1.807, 2.05) is 49.1 Å². The molecule has 1 atom stereocenters. The lowest BCUT2D eigenvalue weighted by Crippen LogP contribution is -2.11. The molecule has 3 heteroatoms. The van der Waals surface area contributed by atoms with Gasteiger partial charge in [-0.2, -0.15) is 0 Å². The zero-order valence-electron chi connectivity index (χ0n) is 21.4. The lowest BCUT2D eigenvalue weighted by atomic mass is 9.90. The van der Waals surface area contributed by atoms with Gasteiger partial charge in [-0.05, 0) is 61.9 Å². The first-order chi connectivity index (χ1) is 19.1. The van der Waals surface area contributed by atoms with Crippen molar-refractivity contribution in [2.75, 3.05) is 6.66 Å². The molecule has 2 nitrogen and oxygen atoms in total. The molecule has 0 aromatic heterocycles. The number of hydrogen-bond acceptors (Lipinski definition) is 1. The standard InChI is InChI=1S/C36H24NOP/c1-37-27-20-18-25(19-21-27)24-14-16-26(17-15-24)28-22-23-31(30-9-4-3-8-29(28)30)33-11-7-12-34-32-10-5-6-13-35(32)39(2,38)36(33)34/h3-23H,2H3. The Kier molecular flexibility index (Phi) is 5.38. The van der Waals surface area contributed by atoms with Gasteiger partial charge in [0.2, 0.25) is 0 Å². The van der Waals surface area contributed by atoms with Gasteiger partial charge in [-0.15, -0.1) is 0 Å². The quantitative estimate of drug-likeness (QED) is 0.169. The van der Waals surface area contributed by atoms with Crippen LogP contribution in [0, 0.1) is 6.57 Å². The fourth-order valence-corrected chi connectivity index (χ4v) is 8.56. The van der Waals surface area contributed by atoms with E-state index < -0.39 is 7.14 Å². The van der Waals surface area contributed by atoms with Crippen LogP contribution in [-0.4, -0.2) is 6.66 Å². The van der Waals surface area contributed by atoms with Gasteiger partial charge in [0.1, 0.15) is 7.14 Å². The van der Waals surface area contributed by atoms with Crippen LogP contribution in [0.15, 0.2) is 127 Å². The highest BCUT2D eigenvalue weighted by atomic mass is 31.2. The molecule has 6 aromatic carbocycles. The van der Waals surface area contributed by atoms with Crippen LogP contribution in [0.5, 0.6) is 0 Å². The summed E-state index contributed by atoms with van der Waals surface area (Å²) >= 11 is 0. The van der Waals surface area contributed by atoms with E-state index in [-0.39, 0.29) is 0 Å². The maximum Gasteiger partial charge on any atom is 0.187 e. The van der Waals surface area contributed by atoms with E-state index >= 15 is 0 Å². The second-order valence-electron chi connectivity index (χ2n) is 10.1. The van der Waals surface area contributed by atoms with Gasteiger partial charge in [-0.25, -0.2) is 4.85 Å². The molecule has 1 heterocycles. The fraction of sp³-hybridized carbons (Fsp3) is 0.0278. The van der Waals surface area contributed by atoms with Crippen LogP contribution in [0.25, 0.3) is 60.1 Å². The third-order valence-electron chi connectivity index (χ3n) is 7.86. The number of nitrogens with zero attached hydrogens (tertiary/aromatic N) is 1. The van der Waals surface area contributed by atoms with Crippen LogP contribution >= 0.6 is 7.14 Å². The second-order valence-corrected chi connectivity index (χ2v) is 12.9. The summed E-state index contributed by atoms with van der Waals surface area (Å²) in [6, 6.07) is 43.6. The highest BCUT2D eigenvalue weighted by molar-refractivity contribution is 7.79. The summed E-state index contributed by atoms with van der Waals surface area (Å²) in [6.07, 6.45) is 0. The van der Waals surface area contributed by atoms with Gasteiger partial charge in [0.05, 0.1) is 6.57 Å². The molecule has 6 aromatic rings. The van der Waals surface area contributed by atoms with Crippen molar-refractivity contribution in [3.05, 3.63) is 139 Å². The Labute approximate surface area is 228 Å². The average molecular weight is 518 g/mol. The molecule has 0 bridgehead atoms. The molecule has 0 amide bonds. The third-order valence-corrected chi connectivity index (χ3v) is 10.5. The molecule has 1 aliphatic rings. The number of fused-ring (bicyclic) bond motifs is 4. The molecule has 0 radical (unpaired) electrons. The first-order valence-electron chi connectivity index (χ1n) is 13.0. The highest BCUT2D eigenvalue weighted by Crippen LogP contribution is 2.53. The molecular weight excluding hydrogens is 493 g/mol. The Bertz CT molecular complexity index is 2000. The van der Waals surface area contributed by atoms with Crippen LogP contribution < -0.4 is 10.6 Å². The van der Waals surface area contributed by atoms with Gasteiger partial charge in [-0.1, -0.05) is 127 Å². The first-order valence-corrected chi connectivity index (χ1v) is 15.1. The topological polar surface area (TPSA) is 21.4 Å². The number of hydrogen-bond donors (Lipinski definition) is 0. The highest BCUT2D eigenvalue weighted by Gasteiger charge is 2.36. The fourth-order valence-electron chi connectivity index (χ4n) is 5.99. The van der Waals surface area contributed by atoms with Crippen molar-refractivity contribution in [2.24, 2.45) is 0 Å². The summed E-state index contributed by atoms with van der Waals surface area (Å²) in [5.41, 5.74) is 9.51. The summed E-state index contributed by atoms with van der Waals surface area (Å²) in [5.74, 6) is 0. The van der Waals surface area contributed by atoms with Crippen molar-refractivity contribution in [2.45, 2.75) is 0 Å². The Balaban J connectivity index is 1.36. The molecule has 184 valence electrons. The largest absolute Gasteiger partial charge is 0.314 e. The Hall–Kier alpha value is -4.70. The van der Waals surface area contributed by atoms with Crippen molar-refractivity contribution in [3.8, 4) is 44.5 Å². The van der Waals surface area contributed by atoms with E-state index in [1.54, 1.807) is 0 Å². The molecule has 0 fully saturated rings. The molecule has 0 saturated heterocycles. The molecule has 0 spiro atoms. The molecule has 1 aliphatic heterocycles. The molecule has 0 aliphatic carbocycles. The molecule has 0 saturated carbocycles. The summed E-state index contributed by atoms with van der Waals surface area (Å²) < 4.78 is 14.2. The SMILES string of the molecule is [C-]#[N+]c1ccc(-c2ccc(-c3ccc(-c4cccc5c4P(C)(=O)c4ccccc4-5)c4ccccc34)cc2)cc1. The van der Waals surface area contributed by atoms with Crippen molar-refractivity contribution >= 4 is 34.2 Å². The van der Waals surface area contributed by atoms with Crippen molar-refractivity contribution in [3.63, 3.8) is 0 Å². The van der Waals surface area contributed by atoms with Crippen molar-refractivity contribution < 1.29 is 4.57 Å². The van der Waals surface area contributed by atoms with Gasteiger partial charge in [-0.3, -0.25) is 0 Å². The Morgan fingerprint density at radius 2 is 1.03 bits per heavy atom.